The van der Waals surface area contributed by atoms with Gasteiger partial charge >= 0.3 is 12.0 Å². The molecule has 1 unspecified atom stereocenters. The minimum atomic E-state index is -0.892. The summed E-state index contributed by atoms with van der Waals surface area (Å²) in [6.07, 6.45) is 1.24. The highest BCUT2D eigenvalue weighted by Gasteiger charge is 2.39. The lowest BCUT2D eigenvalue weighted by Crippen LogP contribution is -2.49. The number of halogens is 2. The molecule has 1 fully saturated rings. The van der Waals surface area contributed by atoms with Gasteiger partial charge in [0.25, 0.3) is 0 Å². The number of urea groups is 1. The van der Waals surface area contributed by atoms with E-state index in [4.69, 9.17) is 11.6 Å². The first-order chi connectivity index (χ1) is 9.82. The largest absolute Gasteiger partial charge is 0.481 e. The summed E-state index contributed by atoms with van der Waals surface area (Å²) in [5.74, 6) is -0.875. The maximum atomic E-state index is 12.3. The number of benzene rings is 1. The van der Waals surface area contributed by atoms with Gasteiger partial charge in [-0.25, -0.2) is 4.79 Å². The van der Waals surface area contributed by atoms with E-state index in [1.54, 1.807) is 25.1 Å². The molecule has 1 atom stereocenters. The second-order valence-electron chi connectivity index (χ2n) is 5.45. The number of nitrogens with one attached hydrogen (secondary N) is 1. The fourth-order valence-electron chi connectivity index (χ4n) is 2.37. The molecule has 0 spiro atoms. The molecule has 114 valence electrons. The summed E-state index contributed by atoms with van der Waals surface area (Å²) < 4.78 is 0.802. The highest BCUT2D eigenvalue weighted by atomic mass is 79.9. The summed E-state index contributed by atoms with van der Waals surface area (Å²) in [5.41, 5.74) is -0.393. The molecule has 1 saturated heterocycles. The molecule has 2 amide bonds. The molecule has 7 heteroatoms. The van der Waals surface area contributed by atoms with Gasteiger partial charge in [-0.05, 0) is 38.0 Å². The molecular weight excluding hydrogens is 360 g/mol. The summed E-state index contributed by atoms with van der Waals surface area (Å²) in [4.78, 5) is 25.1. The molecule has 0 saturated carbocycles. The van der Waals surface area contributed by atoms with Crippen molar-refractivity contribution in [3.63, 3.8) is 0 Å². The first kappa shape index (κ1) is 16.1. The molecule has 1 aliphatic heterocycles. The Morgan fingerprint density at radius 3 is 2.86 bits per heavy atom. The maximum Gasteiger partial charge on any atom is 0.321 e. The van der Waals surface area contributed by atoms with Crippen molar-refractivity contribution in [3.8, 4) is 0 Å². The van der Waals surface area contributed by atoms with Crippen LogP contribution >= 0.6 is 27.5 Å². The predicted molar refractivity (Wildman–Crippen MR) is 84.7 cm³/mol. The molecule has 21 heavy (non-hydrogen) atoms. The highest BCUT2D eigenvalue weighted by Crippen LogP contribution is 2.31. The van der Waals surface area contributed by atoms with E-state index in [1.165, 1.54) is 4.90 Å². The molecule has 0 radical (unpaired) electrons. The van der Waals surface area contributed by atoms with Crippen molar-refractivity contribution in [2.45, 2.75) is 19.8 Å². The van der Waals surface area contributed by atoms with Gasteiger partial charge in [0, 0.05) is 17.6 Å². The zero-order chi connectivity index (χ0) is 15.6. The summed E-state index contributed by atoms with van der Waals surface area (Å²) in [6, 6.07) is 4.84. The minimum absolute atomic E-state index is 0.194. The molecule has 2 rings (SSSR count). The summed E-state index contributed by atoms with van der Waals surface area (Å²) in [5, 5.41) is 12.4. The number of hydrogen-bond acceptors (Lipinski definition) is 2. The van der Waals surface area contributed by atoms with Crippen LogP contribution in [-0.2, 0) is 4.79 Å². The van der Waals surface area contributed by atoms with E-state index in [1.807, 2.05) is 0 Å². The quantitative estimate of drug-likeness (QED) is 0.825. The number of carbonyl (C=O) groups excluding carboxylic acids is 1. The predicted octanol–water partition coefficient (Wildman–Crippen LogP) is 3.82. The Morgan fingerprint density at radius 1 is 1.48 bits per heavy atom. The number of likely N-dealkylation sites (tertiary alicyclic amines) is 1. The molecule has 2 N–H and O–H groups in total. The van der Waals surface area contributed by atoms with Crippen LogP contribution in [0.4, 0.5) is 10.5 Å². The van der Waals surface area contributed by atoms with Gasteiger partial charge in [-0.2, -0.15) is 0 Å². The van der Waals surface area contributed by atoms with Crippen LogP contribution < -0.4 is 5.32 Å². The van der Waals surface area contributed by atoms with Gasteiger partial charge in [0.1, 0.15) is 0 Å². The minimum Gasteiger partial charge on any atom is -0.481 e. The SMILES string of the molecule is CC1(C(=O)O)CCCN(C(=O)Nc2cc(Br)ccc2Cl)C1. The molecule has 0 aliphatic carbocycles. The molecule has 1 aromatic carbocycles. The molecule has 5 nitrogen and oxygen atoms in total. The fraction of sp³-hybridized carbons (Fsp3) is 0.429. The van der Waals surface area contributed by atoms with Gasteiger partial charge in [-0.15, -0.1) is 0 Å². The van der Waals surface area contributed by atoms with E-state index in [0.29, 0.717) is 30.1 Å². The number of amides is 2. The molecule has 0 bridgehead atoms. The van der Waals surface area contributed by atoms with E-state index < -0.39 is 11.4 Å². The van der Waals surface area contributed by atoms with Crippen molar-refractivity contribution in [3.05, 3.63) is 27.7 Å². The fourth-order valence-corrected chi connectivity index (χ4v) is 2.90. The molecule has 1 heterocycles. The molecule has 1 aromatic rings. The van der Waals surface area contributed by atoms with Crippen molar-refractivity contribution in [1.29, 1.82) is 0 Å². The van der Waals surface area contributed by atoms with Crippen LogP contribution in [-0.4, -0.2) is 35.1 Å². The van der Waals surface area contributed by atoms with Gasteiger partial charge in [0.15, 0.2) is 0 Å². The molecule has 0 aromatic heterocycles. The Bertz CT molecular complexity index is 581. The van der Waals surface area contributed by atoms with Crippen LogP contribution in [0.3, 0.4) is 0 Å². The second-order valence-corrected chi connectivity index (χ2v) is 6.77. The van der Waals surface area contributed by atoms with Crippen molar-refractivity contribution in [1.82, 2.24) is 4.90 Å². The maximum absolute atomic E-state index is 12.3. The normalized spacial score (nSPS) is 22.0. The first-order valence-electron chi connectivity index (χ1n) is 6.56. The first-order valence-corrected chi connectivity index (χ1v) is 7.73. The van der Waals surface area contributed by atoms with Crippen molar-refractivity contribution >= 4 is 45.2 Å². The number of nitrogens with zero attached hydrogens (tertiary/aromatic N) is 1. The number of rotatable bonds is 2. The summed E-state index contributed by atoms with van der Waals surface area (Å²) in [6.45, 7) is 2.40. The third-order valence-corrected chi connectivity index (χ3v) is 4.49. The Labute approximate surface area is 136 Å². The second kappa shape index (κ2) is 6.23. The van der Waals surface area contributed by atoms with Crippen molar-refractivity contribution in [2.24, 2.45) is 5.41 Å². The van der Waals surface area contributed by atoms with Gasteiger partial charge in [-0.3, -0.25) is 4.79 Å². The van der Waals surface area contributed by atoms with E-state index in [2.05, 4.69) is 21.2 Å². The van der Waals surface area contributed by atoms with Crippen molar-refractivity contribution in [2.75, 3.05) is 18.4 Å². The van der Waals surface area contributed by atoms with Crippen LogP contribution in [0.5, 0.6) is 0 Å². The van der Waals surface area contributed by atoms with Gasteiger partial charge < -0.3 is 15.3 Å². The monoisotopic (exact) mass is 374 g/mol. The Kier molecular flexibility index (Phi) is 4.78. The van der Waals surface area contributed by atoms with Crippen LogP contribution in [0.1, 0.15) is 19.8 Å². The van der Waals surface area contributed by atoms with Crippen LogP contribution in [0.15, 0.2) is 22.7 Å². The van der Waals surface area contributed by atoms with Gasteiger partial charge in [-0.1, -0.05) is 27.5 Å². The topological polar surface area (TPSA) is 69.6 Å². The van der Waals surface area contributed by atoms with E-state index in [-0.39, 0.29) is 12.6 Å². The Balaban J connectivity index is 2.10. The number of carboxylic acid groups (broad SMARTS) is 1. The molecule has 1 aliphatic rings. The van der Waals surface area contributed by atoms with E-state index in [9.17, 15) is 14.7 Å². The smallest absolute Gasteiger partial charge is 0.321 e. The lowest BCUT2D eigenvalue weighted by atomic mass is 9.82. The third kappa shape index (κ3) is 3.68. The third-order valence-electron chi connectivity index (χ3n) is 3.67. The lowest BCUT2D eigenvalue weighted by Gasteiger charge is -2.37. The van der Waals surface area contributed by atoms with Gasteiger partial charge in [0.05, 0.1) is 16.1 Å². The summed E-state index contributed by atoms with van der Waals surface area (Å²) >= 11 is 9.36. The highest BCUT2D eigenvalue weighted by molar-refractivity contribution is 9.10. The average Bonchev–Trinajstić information content (AvgIpc) is 2.42. The molecular formula is C14H16BrClN2O3. The number of piperidine rings is 1. The number of carbonyl (C=O) groups is 2. The van der Waals surface area contributed by atoms with Gasteiger partial charge in [0.2, 0.25) is 0 Å². The zero-order valence-electron chi connectivity index (χ0n) is 11.5. The van der Waals surface area contributed by atoms with Crippen LogP contribution in [0, 0.1) is 5.41 Å². The number of hydrogen-bond donors (Lipinski definition) is 2. The number of anilines is 1. The number of carboxylic acids is 1. The van der Waals surface area contributed by atoms with Crippen molar-refractivity contribution < 1.29 is 14.7 Å². The average molecular weight is 376 g/mol. The Hall–Kier alpha value is -1.27. The van der Waals surface area contributed by atoms with Crippen LogP contribution in [0.2, 0.25) is 5.02 Å². The standard InChI is InChI=1S/C14H16BrClN2O3/c1-14(12(19)20)5-2-6-18(8-14)13(21)17-11-7-9(15)3-4-10(11)16/h3-4,7H,2,5-6,8H2,1H3,(H,17,21)(H,19,20). The number of aliphatic carboxylic acids is 1. The van der Waals surface area contributed by atoms with Crippen LogP contribution in [0.25, 0.3) is 0 Å². The van der Waals surface area contributed by atoms with E-state index in [0.717, 1.165) is 4.47 Å². The zero-order valence-corrected chi connectivity index (χ0v) is 13.9. The lowest BCUT2D eigenvalue weighted by molar-refractivity contribution is -0.150. The Morgan fingerprint density at radius 2 is 2.19 bits per heavy atom. The van der Waals surface area contributed by atoms with E-state index >= 15 is 0 Å². The summed E-state index contributed by atoms with van der Waals surface area (Å²) in [7, 11) is 0.